The lowest BCUT2D eigenvalue weighted by Gasteiger charge is -2.26. The maximum atomic E-state index is 5.34. The summed E-state index contributed by atoms with van der Waals surface area (Å²) in [5.41, 5.74) is 0. The summed E-state index contributed by atoms with van der Waals surface area (Å²) in [6, 6.07) is 0. The highest BCUT2D eigenvalue weighted by atomic mass is 127. The average Bonchev–Trinajstić information content (AvgIpc) is 2.44. The maximum absolute atomic E-state index is 5.34. The predicted octanol–water partition coefficient (Wildman–Crippen LogP) is 1.24. The van der Waals surface area contributed by atoms with Crippen molar-refractivity contribution in [3.8, 4) is 0 Å². The van der Waals surface area contributed by atoms with Crippen LogP contribution in [0.15, 0.2) is 4.99 Å². The lowest BCUT2D eigenvalue weighted by Crippen LogP contribution is -2.44. The average molecular weight is 416 g/mol. The molecule has 1 rings (SSSR count). The van der Waals surface area contributed by atoms with Gasteiger partial charge in [-0.05, 0) is 25.4 Å². The van der Waals surface area contributed by atoms with Crippen molar-refractivity contribution < 1.29 is 4.74 Å². The Balaban J connectivity index is 0.00000361. The van der Waals surface area contributed by atoms with Crippen LogP contribution in [0.5, 0.6) is 0 Å². The molecule has 20 heavy (non-hydrogen) atoms. The molecule has 1 aliphatic heterocycles. The first-order valence-electron chi connectivity index (χ1n) is 7.18. The highest BCUT2D eigenvalue weighted by Gasteiger charge is 2.09. The van der Waals surface area contributed by atoms with E-state index in [1.807, 2.05) is 11.8 Å². The Hall–Kier alpha value is 0.270. The van der Waals surface area contributed by atoms with Crippen LogP contribution in [0.2, 0.25) is 0 Å². The van der Waals surface area contributed by atoms with Gasteiger partial charge in [-0.25, -0.2) is 0 Å². The molecule has 2 N–H and O–H groups in total. The number of ether oxygens (including phenoxy) is 1. The van der Waals surface area contributed by atoms with Crippen molar-refractivity contribution in [2.24, 2.45) is 4.99 Å². The van der Waals surface area contributed by atoms with Crippen molar-refractivity contribution in [2.45, 2.75) is 13.3 Å². The van der Waals surface area contributed by atoms with Gasteiger partial charge in [-0.15, -0.1) is 24.0 Å². The topological polar surface area (TPSA) is 48.9 Å². The Bertz CT molecular complexity index is 251. The molecule has 1 heterocycles. The van der Waals surface area contributed by atoms with Crippen molar-refractivity contribution in [3.63, 3.8) is 0 Å². The molecule has 0 spiro atoms. The van der Waals surface area contributed by atoms with E-state index in [4.69, 9.17) is 4.74 Å². The molecule has 0 saturated carbocycles. The third-order valence-electron chi connectivity index (χ3n) is 2.94. The zero-order valence-corrected chi connectivity index (χ0v) is 15.8. The molecule has 5 nitrogen and oxygen atoms in total. The molecular weight excluding hydrogens is 387 g/mol. The molecule has 1 fully saturated rings. The molecule has 7 heteroatoms. The number of nitrogens with zero attached hydrogens (tertiary/aromatic N) is 2. The number of rotatable bonds is 8. The molecule has 0 atom stereocenters. The van der Waals surface area contributed by atoms with Crippen molar-refractivity contribution in [1.82, 2.24) is 15.5 Å². The van der Waals surface area contributed by atoms with Crippen LogP contribution in [-0.2, 0) is 4.74 Å². The Labute approximate surface area is 144 Å². The Morgan fingerprint density at radius 3 is 2.70 bits per heavy atom. The van der Waals surface area contributed by atoms with Gasteiger partial charge in [0.1, 0.15) is 0 Å². The van der Waals surface area contributed by atoms with Crippen LogP contribution in [0.25, 0.3) is 0 Å². The summed E-state index contributed by atoms with van der Waals surface area (Å²) in [5, 5.41) is 6.68. The molecule has 1 saturated heterocycles. The molecule has 0 bridgehead atoms. The lowest BCUT2D eigenvalue weighted by molar-refractivity contribution is 0.0389. The van der Waals surface area contributed by atoms with Crippen LogP contribution in [0.4, 0.5) is 0 Å². The molecule has 0 radical (unpaired) electrons. The molecule has 0 amide bonds. The van der Waals surface area contributed by atoms with E-state index in [0.717, 1.165) is 64.9 Å². The summed E-state index contributed by atoms with van der Waals surface area (Å²) in [6.07, 6.45) is 3.27. The normalized spacial score (nSPS) is 16.6. The summed E-state index contributed by atoms with van der Waals surface area (Å²) in [4.78, 5) is 7.00. The van der Waals surface area contributed by atoms with E-state index in [2.05, 4.69) is 33.7 Å². The molecule has 0 aromatic heterocycles. The highest BCUT2D eigenvalue weighted by Crippen LogP contribution is 1.96. The van der Waals surface area contributed by atoms with E-state index in [1.54, 1.807) is 0 Å². The van der Waals surface area contributed by atoms with Crippen molar-refractivity contribution in [3.05, 3.63) is 0 Å². The minimum absolute atomic E-state index is 0. The first kappa shape index (κ1) is 20.3. The van der Waals surface area contributed by atoms with E-state index in [-0.39, 0.29) is 24.0 Å². The Morgan fingerprint density at radius 1 is 1.30 bits per heavy atom. The van der Waals surface area contributed by atoms with Crippen molar-refractivity contribution in [1.29, 1.82) is 0 Å². The summed E-state index contributed by atoms with van der Waals surface area (Å²) >= 11 is 1.87. The van der Waals surface area contributed by atoms with E-state index in [9.17, 15) is 0 Å². The fourth-order valence-corrected chi connectivity index (χ4v) is 2.32. The van der Waals surface area contributed by atoms with Gasteiger partial charge in [0.2, 0.25) is 0 Å². The van der Waals surface area contributed by atoms with Gasteiger partial charge >= 0.3 is 0 Å². The predicted molar refractivity (Wildman–Crippen MR) is 99.7 cm³/mol. The Morgan fingerprint density at radius 2 is 2.05 bits per heavy atom. The van der Waals surface area contributed by atoms with Gasteiger partial charge in [0, 0.05) is 39.3 Å². The van der Waals surface area contributed by atoms with E-state index in [1.165, 1.54) is 5.75 Å². The second-order valence-electron chi connectivity index (χ2n) is 4.49. The second kappa shape index (κ2) is 14.2. The third-order valence-corrected chi connectivity index (χ3v) is 3.64. The van der Waals surface area contributed by atoms with Crippen LogP contribution in [0.3, 0.4) is 0 Å². The van der Waals surface area contributed by atoms with Gasteiger partial charge in [0.05, 0.1) is 13.2 Å². The van der Waals surface area contributed by atoms with Crippen LogP contribution >= 0.6 is 35.7 Å². The number of hydrogen-bond donors (Lipinski definition) is 2. The summed E-state index contributed by atoms with van der Waals surface area (Å²) in [6.45, 7) is 9.71. The number of halogens is 1. The van der Waals surface area contributed by atoms with Gasteiger partial charge < -0.3 is 15.4 Å². The standard InChI is InChI=1S/C13H28N4OS.HI/c1-3-14-13(15-5-4-12-19-2)16-6-7-17-8-10-18-11-9-17;/h3-12H2,1-2H3,(H2,14,15,16);1H. The number of hydrogen-bond acceptors (Lipinski definition) is 4. The number of thioether (sulfide) groups is 1. The highest BCUT2D eigenvalue weighted by molar-refractivity contribution is 14.0. The fourth-order valence-electron chi connectivity index (χ4n) is 1.90. The third kappa shape index (κ3) is 10.1. The van der Waals surface area contributed by atoms with E-state index < -0.39 is 0 Å². The molecule has 0 aromatic carbocycles. The van der Waals surface area contributed by atoms with Gasteiger partial charge in [-0.2, -0.15) is 11.8 Å². The molecule has 120 valence electrons. The summed E-state index contributed by atoms with van der Waals surface area (Å²) in [5.74, 6) is 2.12. The van der Waals surface area contributed by atoms with Crippen LogP contribution in [-0.4, -0.2) is 75.4 Å². The minimum Gasteiger partial charge on any atom is -0.379 e. The number of guanidine groups is 1. The first-order chi connectivity index (χ1) is 9.36. The van der Waals surface area contributed by atoms with Gasteiger partial charge in [0.25, 0.3) is 0 Å². The maximum Gasteiger partial charge on any atom is 0.191 e. The summed E-state index contributed by atoms with van der Waals surface area (Å²) in [7, 11) is 0. The molecule has 0 unspecified atom stereocenters. The van der Waals surface area contributed by atoms with E-state index >= 15 is 0 Å². The minimum atomic E-state index is 0. The lowest BCUT2D eigenvalue weighted by atomic mass is 10.4. The summed E-state index contributed by atoms with van der Waals surface area (Å²) < 4.78 is 5.34. The number of nitrogens with one attached hydrogen (secondary N) is 2. The van der Waals surface area contributed by atoms with Crippen molar-refractivity contribution >= 4 is 41.7 Å². The second-order valence-corrected chi connectivity index (χ2v) is 5.47. The number of aliphatic imine (C=N–C) groups is 1. The fraction of sp³-hybridized carbons (Fsp3) is 0.923. The first-order valence-corrected chi connectivity index (χ1v) is 8.57. The van der Waals surface area contributed by atoms with Gasteiger partial charge in [-0.3, -0.25) is 9.89 Å². The van der Waals surface area contributed by atoms with Crippen molar-refractivity contribution in [2.75, 3.05) is 64.5 Å². The Kier molecular flexibility index (Phi) is 14.4. The molecule has 1 aliphatic rings. The van der Waals surface area contributed by atoms with Gasteiger partial charge in [0.15, 0.2) is 5.96 Å². The van der Waals surface area contributed by atoms with Crippen LogP contribution in [0.1, 0.15) is 13.3 Å². The molecule has 0 aliphatic carbocycles. The van der Waals surface area contributed by atoms with Gasteiger partial charge in [-0.1, -0.05) is 0 Å². The molecular formula is C13H29IN4OS. The van der Waals surface area contributed by atoms with Crippen LogP contribution in [0, 0.1) is 0 Å². The monoisotopic (exact) mass is 416 g/mol. The smallest absolute Gasteiger partial charge is 0.191 e. The molecule has 0 aromatic rings. The van der Waals surface area contributed by atoms with E-state index in [0.29, 0.717) is 0 Å². The zero-order valence-electron chi connectivity index (χ0n) is 12.7. The zero-order chi connectivity index (χ0) is 13.8. The van der Waals surface area contributed by atoms with Crippen LogP contribution < -0.4 is 10.6 Å². The largest absolute Gasteiger partial charge is 0.379 e. The number of morpholine rings is 1. The quantitative estimate of drug-likeness (QED) is 0.270. The SMILES string of the molecule is CCNC(=NCCCSC)NCCN1CCOCC1.I.